The molecule has 11 nitrogen and oxygen atoms in total. The summed E-state index contributed by atoms with van der Waals surface area (Å²) < 4.78 is 15.6. The lowest BCUT2D eigenvalue weighted by Gasteiger charge is -2.32. The first-order chi connectivity index (χ1) is 16.8. The van der Waals surface area contributed by atoms with Crippen LogP contribution in [-0.2, 0) is 25.4 Å². The maximum absolute atomic E-state index is 13.2. The van der Waals surface area contributed by atoms with E-state index in [9.17, 15) is 9.59 Å². The van der Waals surface area contributed by atoms with Gasteiger partial charge >= 0.3 is 5.69 Å². The second-order valence-electron chi connectivity index (χ2n) is 8.43. The van der Waals surface area contributed by atoms with Crippen molar-refractivity contribution < 1.29 is 9.15 Å². The Morgan fingerprint density at radius 3 is 2.51 bits per heavy atom. The van der Waals surface area contributed by atoms with E-state index < -0.39 is 11.2 Å². The van der Waals surface area contributed by atoms with Crippen molar-refractivity contribution in [1.82, 2.24) is 28.9 Å². The highest BCUT2D eigenvalue weighted by Gasteiger charge is 2.27. The Balaban J connectivity index is 1.59. The summed E-state index contributed by atoms with van der Waals surface area (Å²) in [6.07, 6.45) is 1.81. The van der Waals surface area contributed by atoms with Crippen LogP contribution in [0.5, 0.6) is 0 Å². The number of hydrogen-bond donors (Lipinski definition) is 0. The molecule has 0 amide bonds. The minimum Gasteiger partial charge on any atom is -0.419 e. The second kappa shape index (κ2) is 9.14. The van der Waals surface area contributed by atoms with Crippen LogP contribution in [0.3, 0.4) is 0 Å². The SMILES string of the molecule is COC1CCN(c2nc3c(c(=O)n(C)c(=O)n3C)n2Cc2nnc(-c3ccc(Cl)c(Cl)c3)o2)CC1. The maximum Gasteiger partial charge on any atom is 0.332 e. The summed E-state index contributed by atoms with van der Waals surface area (Å²) in [5, 5.41) is 9.10. The lowest BCUT2D eigenvalue weighted by molar-refractivity contribution is 0.0815. The number of hydrogen-bond acceptors (Lipinski definition) is 8. The molecule has 0 unspecified atom stereocenters. The van der Waals surface area contributed by atoms with E-state index >= 15 is 0 Å². The van der Waals surface area contributed by atoms with E-state index in [0.717, 1.165) is 17.4 Å². The first-order valence-corrected chi connectivity index (χ1v) is 11.8. The molecule has 0 spiro atoms. The zero-order valence-electron chi connectivity index (χ0n) is 19.4. The van der Waals surface area contributed by atoms with Crippen molar-refractivity contribution in [1.29, 1.82) is 0 Å². The molecule has 1 aromatic carbocycles. The summed E-state index contributed by atoms with van der Waals surface area (Å²) in [4.78, 5) is 32.5. The smallest absolute Gasteiger partial charge is 0.332 e. The largest absolute Gasteiger partial charge is 0.419 e. The van der Waals surface area contributed by atoms with Crippen LogP contribution in [0.2, 0.25) is 10.0 Å². The number of aromatic nitrogens is 6. The molecule has 0 saturated carbocycles. The summed E-state index contributed by atoms with van der Waals surface area (Å²) in [6.45, 7) is 1.47. The van der Waals surface area contributed by atoms with Crippen LogP contribution < -0.4 is 16.1 Å². The average Bonchev–Trinajstić information content (AvgIpc) is 3.49. The van der Waals surface area contributed by atoms with Gasteiger partial charge in [0.2, 0.25) is 17.7 Å². The first-order valence-electron chi connectivity index (χ1n) is 11.0. The molecule has 184 valence electrons. The molecule has 0 N–H and O–H groups in total. The van der Waals surface area contributed by atoms with Crippen LogP contribution in [0, 0.1) is 0 Å². The van der Waals surface area contributed by atoms with Crippen LogP contribution >= 0.6 is 23.2 Å². The van der Waals surface area contributed by atoms with Crippen LogP contribution in [0.25, 0.3) is 22.6 Å². The molecule has 4 aromatic rings. The van der Waals surface area contributed by atoms with Crippen molar-refractivity contribution in [3.8, 4) is 11.5 Å². The highest BCUT2D eigenvalue weighted by Crippen LogP contribution is 2.29. The van der Waals surface area contributed by atoms with Gasteiger partial charge in [-0.05, 0) is 31.0 Å². The highest BCUT2D eigenvalue weighted by atomic mass is 35.5. The number of methoxy groups -OCH3 is 1. The van der Waals surface area contributed by atoms with Gasteiger partial charge in [-0.2, -0.15) is 4.98 Å². The predicted molar refractivity (Wildman–Crippen MR) is 131 cm³/mol. The molecular formula is C22H23Cl2N7O4. The van der Waals surface area contributed by atoms with E-state index in [1.54, 1.807) is 36.9 Å². The Bertz CT molecular complexity index is 1530. The summed E-state index contributed by atoms with van der Waals surface area (Å²) in [7, 11) is 4.74. The normalized spacial score (nSPS) is 14.8. The number of halogens is 2. The number of imidazole rings is 1. The lowest BCUT2D eigenvalue weighted by Crippen LogP contribution is -2.39. The first kappa shape index (κ1) is 23.6. The number of fused-ring (bicyclic) bond motifs is 1. The Labute approximate surface area is 209 Å². The minimum atomic E-state index is -0.448. The monoisotopic (exact) mass is 519 g/mol. The number of ether oxygens (including phenoxy) is 1. The van der Waals surface area contributed by atoms with Crippen LogP contribution in [0.1, 0.15) is 18.7 Å². The summed E-state index contributed by atoms with van der Waals surface area (Å²) in [5.74, 6) is 1.10. The van der Waals surface area contributed by atoms with E-state index in [4.69, 9.17) is 37.3 Å². The number of nitrogens with zero attached hydrogens (tertiary/aromatic N) is 7. The Hall–Kier alpha value is -3.15. The van der Waals surface area contributed by atoms with E-state index in [-0.39, 0.29) is 29.9 Å². The summed E-state index contributed by atoms with van der Waals surface area (Å²) in [6, 6.07) is 5.03. The molecule has 0 atom stereocenters. The zero-order chi connectivity index (χ0) is 24.9. The van der Waals surface area contributed by atoms with Gasteiger partial charge < -0.3 is 14.1 Å². The Morgan fingerprint density at radius 1 is 1.09 bits per heavy atom. The Kier molecular flexibility index (Phi) is 6.16. The van der Waals surface area contributed by atoms with Gasteiger partial charge in [-0.3, -0.25) is 18.5 Å². The van der Waals surface area contributed by atoms with E-state index in [1.807, 2.05) is 0 Å². The van der Waals surface area contributed by atoms with E-state index in [0.29, 0.717) is 40.3 Å². The van der Waals surface area contributed by atoms with E-state index in [2.05, 4.69) is 15.1 Å². The standard InChI is InChI=1S/C22H23Cl2N7O4/c1-28-18-17(20(32)29(2)22(28)33)31(21(25-18)30-8-6-13(34-3)7-9-30)11-16-26-27-19(35-16)12-4-5-14(23)15(24)10-12/h4-5,10,13H,6-9,11H2,1-3H3. The van der Waals surface area contributed by atoms with Crippen LogP contribution in [0.15, 0.2) is 32.2 Å². The molecule has 5 rings (SSSR count). The summed E-state index contributed by atoms with van der Waals surface area (Å²) in [5.41, 5.74) is 0.307. The van der Waals surface area contributed by atoms with Crippen LogP contribution in [0.4, 0.5) is 5.95 Å². The van der Waals surface area contributed by atoms with Gasteiger partial charge in [0.05, 0.1) is 16.1 Å². The van der Waals surface area contributed by atoms with Gasteiger partial charge in [0.25, 0.3) is 5.56 Å². The summed E-state index contributed by atoms with van der Waals surface area (Å²) >= 11 is 12.1. The molecule has 1 aliphatic rings. The molecule has 13 heteroatoms. The van der Waals surface area contributed by atoms with Crippen LogP contribution in [-0.4, -0.2) is 55.2 Å². The molecule has 0 radical (unpaired) electrons. The molecule has 1 aliphatic heterocycles. The topological polar surface area (TPSA) is 113 Å². The number of rotatable bonds is 5. The molecule has 0 aliphatic carbocycles. The lowest BCUT2D eigenvalue weighted by atomic mass is 10.1. The molecule has 3 aromatic heterocycles. The minimum absolute atomic E-state index is 0.0950. The van der Waals surface area contributed by atoms with Gasteiger partial charge in [-0.25, -0.2) is 4.79 Å². The molecule has 1 saturated heterocycles. The fourth-order valence-corrected chi connectivity index (χ4v) is 4.61. The van der Waals surface area contributed by atoms with Gasteiger partial charge in [0, 0.05) is 39.9 Å². The van der Waals surface area contributed by atoms with Crippen molar-refractivity contribution >= 4 is 40.3 Å². The number of aryl methyl sites for hydroxylation is 1. The number of piperidine rings is 1. The molecule has 0 bridgehead atoms. The van der Waals surface area contributed by atoms with Crippen molar-refractivity contribution in [3.05, 3.63) is 55.0 Å². The van der Waals surface area contributed by atoms with Gasteiger partial charge in [0.1, 0.15) is 6.54 Å². The third kappa shape index (κ3) is 4.13. The number of anilines is 1. The van der Waals surface area contributed by atoms with Crippen molar-refractivity contribution in [2.75, 3.05) is 25.1 Å². The van der Waals surface area contributed by atoms with Crippen molar-refractivity contribution in [2.45, 2.75) is 25.5 Å². The van der Waals surface area contributed by atoms with Crippen molar-refractivity contribution in [3.63, 3.8) is 0 Å². The molecular weight excluding hydrogens is 497 g/mol. The van der Waals surface area contributed by atoms with Crippen molar-refractivity contribution in [2.24, 2.45) is 14.1 Å². The average molecular weight is 520 g/mol. The quantitative estimate of drug-likeness (QED) is 0.395. The Morgan fingerprint density at radius 2 is 1.83 bits per heavy atom. The highest BCUT2D eigenvalue weighted by molar-refractivity contribution is 6.42. The van der Waals surface area contributed by atoms with Gasteiger partial charge in [-0.15, -0.1) is 10.2 Å². The molecule has 4 heterocycles. The maximum atomic E-state index is 13.2. The third-order valence-corrected chi connectivity index (χ3v) is 7.05. The number of benzene rings is 1. The zero-order valence-corrected chi connectivity index (χ0v) is 20.9. The predicted octanol–water partition coefficient (Wildman–Crippen LogP) is 2.45. The van der Waals surface area contributed by atoms with E-state index in [1.165, 1.54) is 11.6 Å². The third-order valence-electron chi connectivity index (χ3n) is 6.31. The van der Waals surface area contributed by atoms with Gasteiger partial charge in [0.15, 0.2) is 11.2 Å². The fraction of sp³-hybridized carbons (Fsp3) is 0.409. The second-order valence-corrected chi connectivity index (χ2v) is 9.24. The van der Waals surface area contributed by atoms with Gasteiger partial charge in [-0.1, -0.05) is 23.2 Å². The molecule has 1 fully saturated rings. The fourth-order valence-electron chi connectivity index (χ4n) is 4.32. The molecule has 35 heavy (non-hydrogen) atoms.